The van der Waals surface area contributed by atoms with E-state index in [-0.39, 0.29) is 0 Å². The number of rotatable bonds is 10. The summed E-state index contributed by atoms with van der Waals surface area (Å²) in [5.74, 6) is 1.79. The molecule has 2 rings (SSSR count). The van der Waals surface area contributed by atoms with Gasteiger partial charge in [-0.3, -0.25) is 0 Å². The van der Waals surface area contributed by atoms with Crippen LogP contribution in [0.5, 0.6) is 0 Å². The summed E-state index contributed by atoms with van der Waals surface area (Å²) < 4.78 is 12.7. The lowest BCUT2D eigenvalue weighted by Gasteiger charge is -2.07. The predicted octanol–water partition coefficient (Wildman–Crippen LogP) is 1.22. The number of nitrogens with two attached hydrogens (primary N) is 1. The Hall–Kier alpha value is -0.630. The third kappa shape index (κ3) is 4.45. The molecule has 7 heteroatoms. The number of aromatic nitrogens is 3. The summed E-state index contributed by atoms with van der Waals surface area (Å²) in [7, 11) is 1.70. The van der Waals surface area contributed by atoms with Gasteiger partial charge in [-0.25, -0.2) is 0 Å². The molecule has 1 aliphatic carbocycles. The molecule has 1 aliphatic rings. The van der Waals surface area contributed by atoms with Crippen molar-refractivity contribution in [3.63, 3.8) is 0 Å². The van der Waals surface area contributed by atoms with E-state index in [1.165, 1.54) is 12.8 Å². The minimum absolute atomic E-state index is 0.456. The van der Waals surface area contributed by atoms with Crippen molar-refractivity contribution in [1.82, 2.24) is 14.8 Å². The molecular weight excluding hydrogens is 264 g/mol. The Morgan fingerprint density at radius 3 is 2.84 bits per heavy atom. The van der Waals surface area contributed by atoms with Crippen LogP contribution in [0.15, 0.2) is 5.16 Å². The van der Waals surface area contributed by atoms with Crippen LogP contribution in [0.25, 0.3) is 0 Å². The normalized spacial score (nSPS) is 15.1. The lowest BCUT2D eigenvalue weighted by atomic mass is 10.5. The fraction of sp³-hybridized carbons (Fsp3) is 0.833. The van der Waals surface area contributed by atoms with Gasteiger partial charge in [-0.1, -0.05) is 11.8 Å². The van der Waals surface area contributed by atoms with Crippen molar-refractivity contribution in [3.05, 3.63) is 5.82 Å². The van der Waals surface area contributed by atoms with Crippen molar-refractivity contribution in [2.45, 2.75) is 37.0 Å². The second-order valence-corrected chi connectivity index (χ2v) is 5.57. The maximum absolute atomic E-state index is 5.68. The van der Waals surface area contributed by atoms with Crippen molar-refractivity contribution < 1.29 is 9.47 Å². The van der Waals surface area contributed by atoms with Crippen LogP contribution in [-0.4, -0.2) is 47.4 Å². The largest absolute Gasteiger partial charge is 0.385 e. The summed E-state index contributed by atoms with van der Waals surface area (Å²) in [5.41, 5.74) is 5.68. The second-order valence-electron chi connectivity index (χ2n) is 4.51. The summed E-state index contributed by atoms with van der Waals surface area (Å²) in [5, 5.41) is 9.34. The molecule has 0 bridgehead atoms. The van der Waals surface area contributed by atoms with Gasteiger partial charge < -0.3 is 19.8 Å². The van der Waals surface area contributed by atoms with Crippen LogP contribution < -0.4 is 5.73 Å². The highest BCUT2D eigenvalue weighted by Gasteiger charge is 2.28. The molecule has 0 spiro atoms. The Morgan fingerprint density at radius 1 is 1.32 bits per heavy atom. The Kier molecular flexibility index (Phi) is 6.09. The number of methoxy groups -OCH3 is 1. The van der Waals surface area contributed by atoms with Crippen LogP contribution in [0.3, 0.4) is 0 Å². The van der Waals surface area contributed by atoms with Gasteiger partial charge in [-0.05, 0) is 19.3 Å². The molecule has 0 saturated heterocycles. The van der Waals surface area contributed by atoms with Crippen LogP contribution in [0.1, 0.15) is 31.1 Å². The van der Waals surface area contributed by atoms with Crippen molar-refractivity contribution in [2.24, 2.45) is 5.73 Å². The number of hydrogen-bond donors (Lipinski definition) is 1. The van der Waals surface area contributed by atoms with Gasteiger partial charge in [0, 0.05) is 32.1 Å². The van der Waals surface area contributed by atoms with Crippen LogP contribution in [0.4, 0.5) is 0 Å². The van der Waals surface area contributed by atoms with Crippen LogP contribution in [-0.2, 0) is 16.0 Å². The van der Waals surface area contributed by atoms with E-state index in [1.807, 2.05) is 0 Å². The molecule has 1 aromatic rings. The smallest absolute Gasteiger partial charge is 0.191 e. The number of ether oxygens (including phenoxy) is 2. The molecule has 0 amide bonds. The Bertz CT molecular complexity index is 382. The predicted molar refractivity (Wildman–Crippen MR) is 74.2 cm³/mol. The molecule has 0 unspecified atom stereocenters. The zero-order valence-electron chi connectivity index (χ0n) is 11.4. The first-order chi connectivity index (χ1) is 9.36. The summed E-state index contributed by atoms with van der Waals surface area (Å²) in [6.07, 6.45) is 3.37. The van der Waals surface area contributed by atoms with E-state index < -0.39 is 0 Å². The third-order valence-corrected chi connectivity index (χ3v) is 3.83. The molecule has 0 aliphatic heterocycles. The maximum Gasteiger partial charge on any atom is 0.191 e. The van der Waals surface area contributed by atoms with E-state index in [4.69, 9.17) is 15.2 Å². The monoisotopic (exact) mass is 286 g/mol. The third-order valence-electron chi connectivity index (χ3n) is 2.93. The average molecular weight is 286 g/mol. The summed E-state index contributed by atoms with van der Waals surface area (Å²) in [6, 6.07) is 0.568. The first-order valence-electron chi connectivity index (χ1n) is 6.70. The fourth-order valence-electron chi connectivity index (χ4n) is 1.84. The topological polar surface area (TPSA) is 75.2 Å². The fourth-order valence-corrected chi connectivity index (χ4v) is 2.72. The van der Waals surface area contributed by atoms with E-state index in [9.17, 15) is 0 Å². The Labute approximate surface area is 118 Å². The van der Waals surface area contributed by atoms with Crippen molar-refractivity contribution >= 4 is 11.8 Å². The zero-order chi connectivity index (χ0) is 13.5. The zero-order valence-corrected chi connectivity index (χ0v) is 12.2. The minimum atomic E-state index is 0.456. The van der Waals surface area contributed by atoms with Gasteiger partial charge >= 0.3 is 0 Å². The molecule has 6 nitrogen and oxygen atoms in total. The number of hydrogen-bond acceptors (Lipinski definition) is 6. The number of thioether (sulfide) groups is 1. The molecule has 19 heavy (non-hydrogen) atoms. The highest BCUT2D eigenvalue weighted by atomic mass is 32.2. The molecule has 1 aromatic heterocycles. The molecular formula is C12H22N4O2S. The van der Waals surface area contributed by atoms with Crippen molar-refractivity contribution in [3.8, 4) is 0 Å². The van der Waals surface area contributed by atoms with Gasteiger partial charge in [0.15, 0.2) is 5.16 Å². The first kappa shape index (κ1) is 14.8. The summed E-state index contributed by atoms with van der Waals surface area (Å²) in [4.78, 5) is 0. The maximum atomic E-state index is 5.68. The summed E-state index contributed by atoms with van der Waals surface area (Å²) >= 11 is 1.69. The standard InChI is InChI=1S/C12H22N4O2S/c1-17-5-2-6-18-7-8-19-12-15-14-11(9-13)16(12)10-3-4-10/h10H,2-9,13H2,1H3. The van der Waals surface area contributed by atoms with Crippen LogP contribution in [0.2, 0.25) is 0 Å². The van der Waals surface area contributed by atoms with E-state index in [0.29, 0.717) is 12.6 Å². The van der Waals surface area contributed by atoms with Gasteiger partial charge in [0.05, 0.1) is 13.2 Å². The first-order valence-corrected chi connectivity index (χ1v) is 7.68. The Balaban J connectivity index is 1.69. The van der Waals surface area contributed by atoms with Gasteiger partial charge in [-0.2, -0.15) is 0 Å². The highest BCUT2D eigenvalue weighted by Crippen LogP contribution is 2.38. The van der Waals surface area contributed by atoms with E-state index in [2.05, 4.69) is 14.8 Å². The molecule has 108 valence electrons. The van der Waals surface area contributed by atoms with Crippen molar-refractivity contribution in [1.29, 1.82) is 0 Å². The molecule has 1 heterocycles. The molecule has 0 atom stereocenters. The van der Waals surface area contributed by atoms with E-state index in [0.717, 1.165) is 43.0 Å². The highest BCUT2D eigenvalue weighted by molar-refractivity contribution is 7.99. The molecule has 2 N–H and O–H groups in total. The molecule has 1 fully saturated rings. The van der Waals surface area contributed by atoms with Crippen molar-refractivity contribution in [2.75, 3.05) is 32.7 Å². The SMILES string of the molecule is COCCCOCCSc1nnc(CN)n1C1CC1. The lowest BCUT2D eigenvalue weighted by molar-refractivity contribution is 0.113. The summed E-state index contributed by atoms with van der Waals surface area (Å²) in [6.45, 7) is 2.68. The van der Waals surface area contributed by atoms with Gasteiger partial charge in [0.25, 0.3) is 0 Å². The number of nitrogens with zero attached hydrogens (tertiary/aromatic N) is 3. The second kappa shape index (κ2) is 7.84. The quantitative estimate of drug-likeness (QED) is 0.515. The Morgan fingerprint density at radius 2 is 2.16 bits per heavy atom. The minimum Gasteiger partial charge on any atom is -0.385 e. The van der Waals surface area contributed by atoms with Crippen LogP contribution in [0, 0.1) is 0 Å². The van der Waals surface area contributed by atoms with Gasteiger partial charge in [0.1, 0.15) is 5.82 Å². The van der Waals surface area contributed by atoms with Crippen LogP contribution >= 0.6 is 11.8 Å². The average Bonchev–Trinajstić information content (AvgIpc) is 3.18. The van der Waals surface area contributed by atoms with Gasteiger partial charge in [0.2, 0.25) is 0 Å². The molecule has 0 aromatic carbocycles. The molecule has 1 saturated carbocycles. The van der Waals surface area contributed by atoms with Gasteiger partial charge in [-0.15, -0.1) is 10.2 Å². The van der Waals surface area contributed by atoms with E-state index >= 15 is 0 Å². The lowest BCUT2D eigenvalue weighted by Crippen LogP contribution is -2.08. The molecule has 0 radical (unpaired) electrons. The van der Waals surface area contributed by atoms with E-state index in [1.54, 1.807) is 18.9 Å².